The molecule has 1 saturated heterocycles. The van der Waals surface area contributed by atoms with E-state index in [1.165, 1.54) is 6.42 Å². The van der Waals surface area contributed by atoms with Gasteiger partial charge in [0.15, 0.2) is 0 Å². The highest BCUT2D eigenvalue weighted by atomic mass is 16.6. The third-order valence-electron chi connectivity index (χ3n) is 5.17. The molecule has 1 N–H and O–H groups in total. The molecule has 28 heavy (non-hydrogen) atoms. The van der Waals surface area contributed by atoms with E-state index in [4.69, 9.17) is 14.7 Å². The monoisotopic (exact) mass is 384 g/mol. The number of nitrogens with one attached hydrogen (secondary N) is 1. The molecule has 1 aromatic heterocycles. The molecule has 1 amide bonds. The zero-order valence-electron chi connectivity index (χ0n) is 17.7. The Labute approximate surface area is 167 Å². The summed E-state index contributed by atoms with van der Waals surface area (Å²) in [5.74, 6) is 0.840. The lowest BCUT2D eigenvalue weighted by Gasteiger charge is -2.39. The quantitative estimate of drug-likeness (QED) is 0.855. The van der Waals surface area contributed by atoms with Gasteiger partial charge in [0.2, 0.25) is 0 Å². The number of piperidine rings is 1. The third kappa shape index (κ3) is 5.19. The largest absolute Gasteiger partial charge is 0.444 e. The van der Waals surface area contributed by atoms with Crippen molar-refractivity contribution in [1.29, 1.82) is 0 Å². The number of para-hydroxylation sites is 1. The van der Waals surface area contributed by atoms with E-state index in [0.717, 1.165) is 41.8 Å². The first kappa shape index (κ1) is 20.5. The summed E-state index contributed by atoms with van der Waals surface area (Å²) < 4.78 is 5.42. The van der Waals surface area contributed by atoms with E-state index in [1.807, 2.05) is 45.9 Å². The molecular weight excluding hydrogens is 352 g/mol. The maximum Gasteiger partial charge on any atom is 0.407 e. The van der Waals surface area contributed by atoms with Crippen molar-refractivity contribution >= 4 is 17.0 Å². The number of carbonyl (C=O) groups is 1. The molecular formula is C22H32N4O2. The van der Waals surface area contributed by atoms with Gasteiger partial charge in [-0.05, 0) is 60.1 Å². The van der Waals surface area contributed by atoms with Gasteiger partial charge in [-0.3, -0.25) is 4.90 Å². The highest BCUT2D eigenvalue weighted by molar-refractivity contribution is 5.80. The van der Waals surface area contributed by atoms with Gasteiger partial charge in [0.05, 0.1) is 12.1 Å². The Kier molecular flexibility index (Phi) is 6.18. The van der Waals surface area contributed by atoms with E-state index in [9.17, 15) is 4.79 Å². The van der Waals surface area contributed by atoms with Crippen molar-refractivity contribution in [2.45, 2.75) is 78.1 Å². The molecule has 1 aromatic carbocycles. The van der Waals surface area contributed by atoms with Crippen LogP contribution < -0.4 is 5.32 Å². The molecule has 6 heteroatoms. The molecule has 1 aliphatic rings. The van der Waals surface area contributed by atoms with Gasteiger partial charge in [-0.25, -0.2) is 14.8 Å². The van der Waals surface area contributed by atoms with Crippen molar-refractivity contribution in [1.82, 2.24) is 20.2 Å². The summed E-state index contributed by atoms with van der Waals surface area (Å²) in [7, 11) is 0. The molecule has 0 saturated carbocycles. The number of alkyl carbamates (subject to hydrolysis) is 1. The van der Waals surface area contributed by atoms with Crippen LogP contribution in [0.15, 0.2) is 24.3 Å². The smallest absolute Gasteiger partial charge is 0.407 e. The summed E-state index contributed by atoms with van der Waals surface area (Å²) >= 11 is 0. The third-order valence-corrected chi connectivity index (χ3v) is 5.17. The molecule has 1 fully saturated rings. The zero-order valence-corrected chi connectivity index (χ0v) is 17.7. The lowest BCUT2D eigenvalue weighted by Crippen LogP contribution is -2.52. The predicted octanol–water partition coefficient (Wildman–Crippen LogP) is 4.21. The fourth-order valence-corrected chi connectivity index (χ4v) is 3.92. The van der Waals surface area contributed by atoms with Crippen LogP contribution in [0.5, 0.6) is 0 Å². The average molecular weight is 385 g/mol. The molecule has 0 bridgehead atoms. The van der Waals surface area contributed by atoms with Gasteiger partial charge >= 0.3 is 6.09 Å². The highest BCUT2D eigenvalue weighted by Crippen LogP contribution is 2.23. The number of amides is 1. The Morgan fingerprint density at radius 2 is 2.04 bits per heavy atom. The van der Waals surface area contributed by atoms with Crippen molar-refractivity contribution in [3.63, 3.8) is 0 Å². The first-order valence-electron chi connectivity index (χ1n) is 10.2. The van der Waals surface area contributed by atoms with Crippen molar-refractivity contribution in [3.05, 3.63) is 35.8 Å². The second-order valence-corrected chi connectivity index (χ2v) is 8.71. The van der Waals surface area contributed by atoms with Crippen LogP contribution in [0.4, 0.5) is 4.79 Å². The lowest BCUT2D eigenvalue weighted by atomic mass is 9.96. The molecule has 3 rings (SSSR count). The fourth-order valence-electron chi connectivity index (χ4n) is 3.92. The summed E-state index contributed by atoms with van der Waals surface area (Å²) in [5.41, 5.74) is 1.50. The van der Waals surface area contributed by atoms with Crippen LogP contribution in [-0.4, -0.2) is 45.2 Å². The number of nitrogens with zero attached hydrogens (tertiary/aromatic N) is 3. The number of likely N-dealkylation sites (tertiary alicyclic amines) is 1. The molecule has 152 valence electrons. The number of rotatable bonds is 4. The first-order chi connectivity index (χ1) is 13.2. The van der Waals surface area contributed by atoms with E-state index in [1.54, 1.807) is 0 Å². The number of fused-ring (bicyclic) bond motifs is 1. The van der Waals surface area contributed by atoms with Gasteiger partial charge in [0.1, 0.15) is 11.4 Å². The van der Waals surface area contributed by atoms with Gasteiger partial charge in [-0.1, -0.05) is 24.6 Å². The van der Waals surface area contributed by atoms with Crippen LogP contribution in [0, 0.1) is 6.92 Å². The molecule has 0 aliphatic carbocycles. The predicted molar refractivity (Wildman–Crippen MR) is 111 cm³/mol. The minimum absolute atomic E-state index is 0.00305. The number of hydrogen-bond acceptors (Lipinski definition) is 5. The minimum atomic E-state index is -0.494. The van der Waals surface area contributed by atoms with Crippen LogP contribution >= 0.6 is 0 Å². The number of hydrogen-bond donors (Lipinski definition) is 1. The van der Waals surface area contributed by atoms with Crippen molar-refractivity contribution in [3.8, 4) is 0 Å². The number of aryl methyl sites for hydroxylation is 1. The van der Waals surface area contributed by atoms with Crippen LogP contribution in [0.2, 0.25) is 0 Å². The second-order valence-electron chi connectivity index (χ2n) is 8.71. The standard InChI is InChI=1S/C22H32N4O2/c1-15-17-10-6-7-11-18(17)25-20(23-15)14-26-13-9-8-12-19(26)16(2)24-21(27)28-22(3,4)5/h6-7,10-11,16,19H,8-9,12-14H2,1-5H3,(H,24,27). The normalized spacial score (nSPS) is 19.4. The van der Waals surface area contributed by atoms with E-state index < -0.39 is 5.60 Å². The van der Waals surface area contributed by atoms with Gasteiger partial charge in [0.25, 0.3) is 0 Å². The number of carbonyl (C=O) groups excluding carboxylic acids is 1. The molecule has 6 nitrogen and oxygen atoms in total. The summed E-state index contributed by atoms with van der Waals surface area (Å²) in [6.07, 6.45) is 3.01. The molecule has 2 heterocycles. The molecule has 1 aliphatic heterocycles. The van der Waals surface area contributed by atoms with Crippen LogP contribution in [0.1, 0.15) is 58.5 Å². The number of ether oxygens (including phenoxy) is 1. The molecule has 2 unspecified atom stereocenters. The van der Waals surface area contributed by atoms with E-state index >= 15 is 0 Å². The van der Waals surface area contributed by atoms with Gasteiger partial charge in [0, 0.05) is 23.2 Å². The minimum Gasteiger partial charge on any atom is -0.444 e. The van der Waals surface area contributed by atoms with Crippen LogP contribution in [0.25, 0.3) is 10.9 Å². The van der Waals surface area contributed by atoms with Crippen molar-refractivity contribution in [2.75, 3.05) is 6.54 Å². The Hall–Kier alpha value is -2.21. The average Bonchev–Trinajstić information content (AvgIpc) is 2.60. The Balaban J connectivity index is 1.72. The Morgan fingerprint density at radius 3 is 2.79 bits per heavy atom. The second kappa shape index (κ2) is 8.43. The molecule has 0 radical (unpaired) electrons. The highest BCUT2D eigenvalue weighted by Gasteiger charge is 2.30. The van der Waals surface area contributed by atoms with Crippen LogP contribution in [0.3, 0.4) is 0 Å². The maximum absolute atomic E-state index is 12.2. The van der Waals surface area contributed by atoms with Crippen molar-refractivity contribution in [2.24, 2.45) is 0 Å². The summed E-state index contributed by atoms with van der Waals surface area (Å²) in [6, 6.07) is 8.37. The summed E-state index contributed by atoms with van der Waals surface area (Å²) in [5, 5.41) is 4.12. The fraction of sp³-hybridized carbons (Fsp3) is 0.591. The number of aromatic nitrogens is 2. The molecule has 2 atom stereocenters. The van der Waals surface area contributed by atoms with Crippen LogP contribution in [-0.2, 0) is 11.3 Å². The molecule has 0 spiro atoms. The topological polar surface area (TPSA) is 67.4 Å². The SMILES string of the molecule is Cc1nc(CN2CCCCC2C(C)NC(=O)OC(C)(C)C)nc2ccccc12. The number of benzene rings is 1. The Morgan fingerprint density at radius 1 is 1.29 bits per heavy atom. The molecule has 2 aromatic rings. The van der Waals surface area contributed by atoms with Gasteiger partial charge < -0.3 is 10.1 Å². The first-order valence-corrected chi connectivity index (χ1v) is 10.2. The zero-order chi connectivity index (χ0) is 20.3. The van der Waals surface area contributed by atoms with E-state index in [2.05, 4.69) is 23.2 Å². The lowest BCUT2D eigenvalue weighted by molar-refractivity contribution is 0.0434. The summed E-state index contributed by atoms with van der Waals surface area (Å²) in [6.45, 7) is 11.4. The van der Waals surface area contributed by atoms with E-state index in [0.29, 0.717) is 6.54 Å². The van der Waals surface area contributed by atoms with Gasteiger partial charge in [-0.2, -0.15) is 0 Å². The van der Waals surface area contributed by atoms with Crippen molar-refractivity contribution < 1.29 is 9.53 Å². The Bertz CT molecular complexity index is 831. The summed E-state index contributed by atoms with van der Waals surface area (Å²) in [4.78, 5) is 24.1. The van der Waals surface area contributed by atoms with Gasteiger partial charge in [-0.15, -0.1) is 0 Å². The van der Waals surface area contributed by atoms with E-state index in [-0.39, 0.29) is 18.2 Å². The maximum atomic E-state index is 12.2.